The molecule has 0 spiro atoms. The normalized spacial score (nSPS) is 11.2. The van der Waals surface area contributed by atoms with Gasteiger partial charge in [0.15, 0.2) is 11.5 Å². The zero-order chi connectivity index (χ0) is 15.0. The van der Waals surface area contributed by atoms with E-state index in [1.165, 1.54) is 6.07 Å². The molecule has 2 aromatic heterocycles. The third kappa shape index (κ3) is 2.39. The lowest BCUT2D eigenvalue weighted by atomic mass is 10.2. The molecule has 1 aromatic carbocycles. The fourth-order valence-corrected chi connectivity index (χ4v) is 2.65. The Balaban J connectivity index is 2.37. The molecule has 21 heavy (non-hydrogen) atoms. The number of rotatable bonds is 3. The summed E-state index contributed by atoms with van der Waals surface area (Å²) in [6.07, 6.45) is 2.20. The summed E-state index contributed by atoms with van der Waals surface area (Å²) in [5.41, 5.74) is 2.67. The summed E-state index contributed by atoms with van der Waals surface area (Å²) in [4.78, 5) is 8.90. The van der Waals surface area contributed by atoms with Gasteiger partial charge in [0.2, 0.25) is 0 Å². The Labute approximate surface area is 131 Å². The van der Waals surface area contributed by atoms with Gasteiger partial charge in [0, 0.05) is 18.5 Å². The predicted molar refractivity (Wildman–Crippen MR) is 83.0 cm³/mol. The minimum Gasteiger partial charge on any atom is -0.278 e. The number of fused-ring (bicyclic) bond motifs is 1. The van der Waals surface area contributed by atoms with Crippen LogP contribution in [0.2, 0.25) is 5.02 Å². The van der Waals surface area contributed by atoms with Crippen LogP contribution in [-0.4, -0.2) is 20.4 Å². The lowest BCUT2D eigenvalue weighted by Crippen LogP contribution is -2.05. The lowest BCUT2D eigenvalue weighted by molar-refractivity contribution is 0.617. The number of aryl methyl sites for hydroxylation is 2. The summed E-state index contributed by atoms with van der Waals surface area (Å²) in [5, 5.41) is 0.0684. The summed E-state index contributed by atoms with van der Waals surface area (Å²) < 4.78 is 16.1. The smallest absolute Gasteiger partial charge is 0.165 e. The van der Waals surface area contributed by atoms with E-state index < -0.39 is 5.82 Å². The van der Waals surface area contributed by atoms with E-state index >= 15 is 0 Å². The Hall–Kier alpha value is -1.65. The largest absolute Gasteiger partial charge is 0.278 e. The minimum absolute atomic E-state index is 0.0684. The van der Waals surface area contributed by atoms with Gasteiger partial charge in [-0.1, -0.05) is 17.7 Å². The van der Waals surface area contributed by atoms with Crippen LogP contribution in [0.3, 0.4) is 0 Å². The van der Waals surface area contributed by atoms with E-state index in [-0.39, 0.29) is 5.02 Å². The van der Waals surface area contributed by atoms with E-state index in [9.17, 15) is 4.39 Å². The van der Waals surface area contributed by atoms with Gasteiger partial charge in [0.05, 0.1) is 10.7 Å². The molecule has 0 N–H and O–H groups in total. The van der Waals surface area contributed by atoms with Gasteiger partial charge in [-0.2, -0.15) is 0 Å². The number of hydrogen-bond acceptors (Lipinski definition) is 2. The van der Waals surface area contributed by atoms with Gasteiger partial charge in [-0.3, -0.25) is 4.57 Å². The molecular formula is C15H12Cl2FN3. The average molecular weight is 324 g/mol. The van der Waals surface area contributed by atoms with Gasteiger partial charge in [0.25, 0.3) is 0 Å². The minimum atomic E-state index is -0.488. The summed E-state index contributed by atoms with van der Waals surface area (Å²) in [6, 6.07) is 6.74. The third-order valence-electron chi connectivity index (χ3n) is 3.31. The highest BCUT2D eigenvalue weighted by Gasteiger charge is 2.18. The standard InChI is InChI=1S/C15H12Cl2FN3/c1-9-6-8-19-15-14(9)20-12(5-7-16)21(15)11-4-2-3-10(17)13(11)18/h2-4,6,8H,5,7H2,1H3. The topological polar surface area (TPSA) is 30.7 Å². The van der Waals surface area contributed by atoms with Crippen molar-refractivity contribution >= 4 is 34.4 Å². The number of benzene rings is 1. The molecule has 0 amide bonds. The van der Waals surface area contributed by atoms with Crippen LogP contribution >= 0.6 is 23.2 Å². The van der Waals surface area contributed by atoms with Crippen molar-refractivity contribution in [2.75, 3.05) is 5.88 Å². The lowest BCUT2D eigenvalue weighted by Gasteiger charge is -2.09. The first kappa shape index (κ1) is 14.3. The van der Waals surface area contributed by atoms with E-state index in [1.54, 1.807) is 22.9 Å². The second-order valence-corrected chi connectivity index (χ2v) is 5.46. The highest BCUT2D eigenvalue weighted by atomic mass is 35.5. The van der Waals surface area contributed by atoms with Crippen LogP contribution in [0, 0.1) is 12.7 Å². The van der Waals surface area contributed by atoms with Gasteiger partial charge < -0.3 is 0 Å². The molecule has 0 aliphatic carbocycles. The van der Waals surface area contributed by atoms with Crippen LogP contribution in [0.25, 0.3) is 16.9 Å². The predicted octanol–water partition coefficient (Wildman–Crippen LogP) is 4.30. The molecule has 2 heterocycles. The molecule has 0 fully saturated rings. The average Bonchev–Trinajstić information content (AvgIpc) is 2.82. The number of alkyl halides is 1. The summed E-state index contributed by atoms with van der Waals surface area (Å²) in [6.45, 7) is 1.94. The van der Waals surface area contributed by atoms with Crippen LogP contribution in [0.15, 0.2) is 30.5 Å². The molecule has 0 atom stereocenters. The summed E-state index contributed by atoms with van der Waals surface area (Å²) >= 11 is 11.7. The molecule has 0 radical (unpaired) electrons. The molecule has 0 saturated heterocycles. The Kier molecular flexibility index (Phi) is 3.83. The summed E-state index contributed by atoms with van der Waals surface area (Å²) in [5.74, 6) is 0.574. The molecule has 0 aliphatic heterocycles. The third-order valence-corrected chi connectivity index (χ3v) is 3.79. The molecular weight excluding hydrogens is 312 g/mol. The highest BCUT2D eigenvalue weighted by Crippen LogP contribution is 2.27. The van der Waals surface area contributed by atoms with Gasteiger partial charge in [-0.15, -0.1) is 11.6 Å². The molecule has 3 aromatic rings. The number of hydrogen-bond donors (Lipinski definition) is 0. The SMILES string of the molecule is Cc1ccnc2c1nc(CCCl)n2-c1cccc(Cl)c1F. The van der Waals surface area contributed by atoms with Gasteiger partial charge in [-0.05, 0) is 30.7 Å². The van der Waals surface area contributed by atoms with Crippen LogP contribution < -0.4 is 0 Å². The van der Waals surface area contributed by atoms with Crippen LogP contribution in [0.1, 0.15) is 11.4 Å². The second-order valence-electron chi connectivity index (χ2n) is 4.68. The van der Waals surface area contributed by atoms with Crippen LogP contribution in [0.4, 0.5) is 4.39 Å². The van der Waals surface area contributed by atoms with Crippen molar-refractivity contribution in [3.8, 4) is 5.69 Å². The Morgan fingerprint density at radius 3 is 2.86 bits per heavy atom. The van der Waals surface area contributed by atoms with E-state index in [0.29, 0.717) is 29.5 Å². The van der Waals surface area contributed by atoms with Crippen LogP contribution in [0.5, 0.6) is 0 Å². The number of imidazole rings is 1. The Morgan fingerprint density at radius 1 is 1.29 bits per heavy atom. The maximum absolute atomic E-state index is 14.4. The molecule has 0 saturated carbocycles. The van der Waals surface area contributed by atoms with Gasteiger partial charge >= 0.3 is 0 Å². The maximum Gasteiger partial charge on any atom is 0.165 e. The van der Waals surface area contributed by atoms with E-state index in [1.807, 2.05) is 13.0 Å². The van der Waals surface area contributed by atoms with Crippen molar-refractivity contribution < 1.29 is 4.39 Å². The number of pyridine rings is 1. The Morgan fingerprint density at radius 2 is 2.10 bits per heavy atom. The fourth-order valence-electron chi connectivity index (χ4n) is 2.31. The van der Waals surface area contributed by atoms with Crippen molar-refractivity contribution in [3.05, 3.63) is 52.7 Å². The van der Waals surface area contributed by atoms with Crippen molar-refractivity contribution in [2.45, 2.75) is 13.3 Å². The first-order valence-corrected chi connectivity index (χ1v) is 7.38. The van der Waals surface area contributed by atoms with E-state index in [2.05, 4.69) is 9.97 Å². The van der Waals surface area contributed by atoms with Crippen molar-refractivity contribution in [1.82, 2.24) is 14.5 Å². The fraction of sp³-hybridized carbons (Fsp3) is 0.200. The highest BCUT2D eigenvalue weighted by molar-refractivity contribution is 6.30. The quantitative estimate of drug-likeness (QED) is 0.673. The van der Waals surface area contributed by atoms with E-state index in [0.717, 1.165) is 11.1 Å². The first-order chi connectivity index (χ1) is 10.1. The monoisotopic (exact) mass is 323 g/mol. The molecule has 108 valence electrons. The van der Waals surface area contributed by atoms with E-state index in [4.69, 9.17) is 23.2 Å². The van der Waals surface area contributed by atoms with Crippen molar-refractivity contribution in [3.63, 3.8) is 0 Å². The number of aromatic nitrogens is 3. The molecule has 6 heteroatoms. The maximum atomic E-state index is 14.4. The molecule has 3 rings (SSSR count). The zero-order valence-corrected chi connectivity index (χ0v) is 12.8. The summed E-state index contributed by atoms with van der Waals surface area (Å²) in [7, 11) is 0. The zero-order valence-electron chi connectivity index (χ0n) is 11.3. The van der Waals surface area contributed by atoms with Gasteiger partial charge in [-0.25, -0.2) is 14.4 Å². The van der Waals surface area contributed by atoms with Crippen molar-refractivity contribution in [2.24, 2.45) is 0 Å². The second kappa shape index (κ2) is 5.62. The molecule has 0 bridgehead atoms. The number of halogens is 3. The first-order valence-electron chi connectivity index (χ1n) is 6.46. The molecule has 0 unspecified atom stereocenters. The van der Waals surface area contributed by atoms with Gasteiger partial charge in [0.1, 0.15) is 11.3 Å². The Bertz CT molecular complexity index is 814. The van der Waals surface area contributed by atoms with Crippen LogP contribution in [-0.2, 0) is 6.42 Å². The number of nitrogens with zero attached hydrogens (tertiary/aromatic N) is 3. The van der Waals surface area contributed by atoms with Crippen molar-refractivity contribution in [1.29, 1.82) is 0 Å². The molecule has 0 aliphatic rings. The molecule has 3 nitrogen and oxygen atoms in total.